The van der Waals surface area contributed by atoms with Gasteiger partial charge in [-0.15, -0.1) is 11.8 Å². The maximum Gasteiger partial charge on any atom is 0.416 e. The maximum absolute atomic E-state index is 12.7. The van der Waals surface area contributed by atoms with Crippen molar-refractivity contribution < 1.29 is 18.0 Å². The van der Waals surface area contributed by atoms with Gasteiger partial charge in [0, 0.05) is 11.3 Å². The number of benzene rings is 1. The molecule has 4 nitrogen and oxygen atoms in total. The lowest BCUT2D eigenvalue weighted by Crippen LogP contribution is -2.21. The number of anilines is 1. The summed E-state index contributed by atoms with van der Waals surface area (Å²) in [6.07, 6.45) is -4.36. The Morgan fingerprint density at radius 1 is 1.22 bits per heavy atom. The molecule has 0 saturated heterocycles. The lowest BCUT2D eigenvalue weighted by Gasteiger charge is -2.18. The number of H-pyrrole nitrogens is 1. The van der Waals surface area contributed by atoms with Crippen LogP contribution in [0.3, 0.4) is 0 Å². The van der Waals surface area contributed by atoms with E-state index in [4.69, 9.17) is 0 Å². The van der Waals surface area contributed by atoms with Crippen molar-refractivity contribution in [2.75, 3.05) is 5.32 Å². The highest BCUT2D eigenvalue weighted by molar-refractivity contribution is 8.01. The molecule has 1 aromatic carbocycles. The highest BCUT2D eigenvalue weighted by Crippen LogP contribution is 2.45. The lowest BCUT2D eigenvalue weighted by molar-refractivity contribution is -0.137. The van der Waals surface area contributed by atoms with Crippen LogP contribution in [0.4, 0.5) is 19.0 Å². The number of hydrogen-bond acceptors (Lipinski definition) is 3. The molecule has 2 aromatic rings. The molecule has 0 bridgehead atoms. The number of aryl methyl sites for hydroxylation is 1. The Balaban J connectivity index is 2.04. The van der Waals surface area contributed by atoms with E-state index in [9.17, 15) is 18.0 Å². The van der Waals surface area contributed by atoms with Crippen molar-refractivity contribution in [3.63, 3.8) is 0 Å². The number of rotatable bonds is 1. The second-order valence-electron chi connectivity index (χ2n) is 5.38. The average molecular weight is 341 g/mol. The predicted molar refractivity (Wildman–Crippen MR) is 82.3 cm³/mol. The quantitative estimate of drug-likeness (QED) is 0.827. The van der Waals surface area contributed by atoms with Crippen molar-refractivity contribution in [2.24, 2.45) is 0 Å². The first-order chi connectivity index (χ1) is 10.8. The monoisotopic (exact) mass is 341 g/mol. The van der Waals surface area contributed by atoms with Gasteiger partial charge in [-0.25, -0.2) is 0 Å². The van der Waals surface area contributed by atoms with Crippen LogP contribution in [0.5, 0.6) is 0 Å². The van der Waals surface area contributed by atoms with E-state index >= 15 is 0 Å². The predicted octanol–water partition coefficient (Wildman–Crippen LogP) is 3.90. The van der Waals surface area contributed by atoms with Gasteiger partial charge in [-0.1, -0.05) is 12.1 Å². The fourth-order valence-corrected chi connectivity index (χ4v) is 3.83. The third kappa shape index (κ3) is 2.95. The number of halogens is 3. The van der Waals surface area contributed by atoms with Gasteiger partial charge in [0.25, 0.3) is 0 Å². The minimum atomic E-state index is -4.36. The molecule has 23 heavy (non-hydrogen) atoms. The van der Waals surface area contributed by atoms with Crippen LogP contribution in [0.25, 0.3) is 0 Å². The Kier molecular flexibility index (Phi) is 3.87. The Morgan fingerprint density at radius 3 is 2.48 bits per heavy atom. The van der Waals surface area contributed by atoms with Crippen LogP contribution in [0, 0.1) is 6.92 Å². The third-order valence-corrected chi connectivity index (χ3v) is 5.15. The van der Waals surface area contributed by atoms with E-state index in [1.54, 1.807) is 6.92 Å². The molecule has 2 atom stereocenters. The van der Waals surface area contributed by atoms with Crippen molar-refractivity contribution >= 4 is 23.5 Å². The van der Waals surface area contributed by atoms with Crippen molar-refractivity contribution in [3.8, 4) is 0 Å². The first kappa shape index (κ1) is 15.9. The summed E-state index contributed by atoms with van der Waals surface area (Å²) >= 11 is 1.39. The van der Waals surface area contributed by atoms with Crippen molar-refractivity contribution in [1.82, 2.24) is 10.2 Å². The number of fused-ring (bicyclic) bond motifs is 1. The number of carbonyl (C=O) groups excluding carboxylic acids is 1. The zero-order chi connectivity index (χ0) is 16.8. The minimum absolute atomic E-state index is 0.169. The van der Waals surface area contributed by atoms with Gasteiger partial charge in [-0.05, 0) is 31.5 Å². The Labute approximate surface area is 134 Å². The van der Waals surface area contributed by atoms with Crippen LogP contribution in [0.2, 0.25) is 0 Å². The van der Waals surface area contributed by atoms with Crippen LogP contribution < -0.4 is 5.32 Å². The number of hydrogen-bond donors (Lipinski definition) is 2. The summed E-state index contributed by atoms with van der Waals surface area (Å²) in [4.78, 5) is 12.0. The first-order valence-electron chi connectivity index (χ1n) is 6.95. The second-order valence-corrected chi connectivity index (χ2v) is 6.83. The molecule has 0 spiro atoms. The second kappa shape index (κ2) is 5.59. The Hall–Kier alpha value is -1.96. The summed E-state index contributed by atoms with van der Waals surface area (Å²) in [5.74, 6) is 0.270. The number of nitrogens with zero attached hydrogens (tertiary/aromatic N) is 1. The molecule has 0 fully saturated rings. The van der Waals surface area contributed by atoms with E-state index in [2.05, 4.69) is 15.5 Å². The van der Waals surface area contributed by atoms with Crippen molar-refractivity contribution in [1.29, 1.82) is 0 Å². The normalized spacial score (nSPS) is 21.5. The molecule has 122 valence electrons. The lowest BCUT2D eigenvalue weighted by atomic mass is 10.0. The molecule has 1 aromatic heterocycles. The molecule has 3 rings (SSSR count). The molecular weight excluding hydrogens is 327 g/mol. The van der Waals surface area contributed by atoms with Gasteiger partial charge in [0.05, 0.1) is 16.1 Å². The summed E-state index contributed by atoms with van der Waals surface area (Å²) in [6.45, 7) is 3.59. The summed E-state index contributed by atoms with van der Waals surface area (Å²) in [6, 6.07) is 5.05. The number of carbonyl (C=O) groups is 1. The zero-order valence-corrected chi connectivity index (χ0v) is 13.2. The fourth-order valence-electron chi connectivity index (χ4n) is 2.50. The van der Waals surface area contributed by atoms with Crippen LogP contribution in [-0.2, 0) is 11.0 Å². The fraction of sp³-hybridized carbons (Fsp3) is 0.333. The SMILES string of the molecule is Cc1[nH]nc2c1[C@@H](c1ccc(C(F)(F)F)cc1)S[C@@H](C)C(=O)N2. The summed E-state index contributed by atoms with van der Waals surface area (Å²) in [7, 11) is 0. The number of alkyl halides is 3. The van der Waals surface area contributed by atoms with E-state index in [1.165, 1.54) is 23.9 Å². The molecule has 0 aliphatic carbocycles. The van der Waals surface area contributed by atoms with Gasteiger partial charge in [-0.2, -0.15) is 18.3 Å². The molecule has 0 radical (unpaired) electrons. The number of aromatic amines is 1. The largest absolute Gasteiger partial charge is 0.416 e. The van der Waals surface area contributed by atoms with E-state index in [0.29, 0.717) is 11.4 Å². The summed E-state index contributed by atoms with van der Waals surface area (Å²) in [5.41, 5.74) is 1.60. The molecular formula is C15H14F3N3OS. The molecule has 1 aliphatic rings. The van der Waals surface area contributed by atoms with Gasteiger partial charge in [-0.3, -0.25) is 9.89 Å². The smallest absolute Gasteiger partial charge is 0.308 e. The van der Waals surface area contributed by atoms with Crippen LogP contribution in [0.15, 0.2) is 24.3 Å². The molecule has 2 heterocycles. The van der Waals surface area contributed by atoms with Crippen molar-refractivity contribution in [2.45, 2.75) is 30.5 Å². The van der Waals surface area contributed by atoms with Gasteiger partial charge >= 0.3 is 6.18 Å². The van der Waals surface area contributed by atoms with E-state index in [-0.39, 0.29) is 16.4 Å². The summed E-state index contributed by atoms with van der Waals surface area (Å²) < 4.78 is 38.2. The number of nitrogens with one attached hydrogen (secondary N) is 2. The number of amides is 1. The summed E-state index contributed by atoms with van der Waals surface area (Å²) in [5, 5.41) is 9.05. The van der Waals surface area contributed by atoms with Crippen molar-refractivity contribution in [3.05, 3.63) is 46.6 Å². The molecule has 2 N–H and O–H groups in total. The average Bonchev–Trinajstić information content (AvgIpc) is 2.78. The number of aromatic nitrogens is 2. The molecule has 1 aliphatic heterocycles. The minimum Gasteiger partial charge on any atom is -0.308 e. The van der Waals surface area contributed by atoms with E-state index in [1.807, 2.05) is 6.92 Å². The van der Waals surface area contributed by atoms with Crippen LogP contribution in [0.1, 0.15) is 34.6 Å². The van der Waals surface area contributed by atoms with Gasteiger partial charge in [0.2, 0.25) is 5.91 Å². The molecule has 1 amide bonds. The Morgan fingerprint density at radius 2 is 1.87 bits per heavy atom. The standard InChI is InChI=1S/C15H14F3N3OS/c1-7-11-12(9-3-5-10(6-4-9)15(16,17)18)23-8(2)14(22)19-13(11)21-20-7/h3-6,8,12H,1-2H3,(H2,19,20,21,22)/t8-,12+/m0/s1. The zero-order valence-electron chi connectivity index (χ0n) is 12.4. The van der Waals surface area contributed by atoms with E-state index < -0.39 is 11.7 Å². The highest BCUT2D eigenvalue weighted by Gasteiger charge is 2.34. The highest BCUT2D eigenvalue weighted by atomic mass is 32.2. The van der Waals surface area contributed by atoms with Gasteiger partial charge in [0.1, 0.15) is 0 Å². The molecule has 0 saturated carbocycles. The molecule has 8 heteroatoms. The van der Waals surface area contributed by atoms with Crippen LogP contribution in [-0.4, -0.2) is 21.4 Å². The van der Waals surface area contributed by atoms with Crippen LogP contribution >= 0.6 is 11.8 Å². The topological polar surface area (TPSA) is 57.8 Å². The third-order valence-electron chi connectivity index (χ3n) is 3.75. The Bertz CT molecular complexity index is 739. The number of thioether (sulfide) groups is 1. The van der Waals surface area contributed by atoms with Gasteiger partial charge in [0.15, 0.2) is 5.82 Å². The first-order valence-corrected chi connectivity index (χ1v) is 7.90. The molecule has 0 unspecified atom stereocenters. The van der Waals surface area contributed by atoms with E-state index in [0.717, 1.165) is 23.4 Å². The van der Waals surface area contributed by atoms with Gasteiger partial charge < -0.3 is 5.32 Å². The maximum atomic E-state index is 12.7.